The summed E-state index contributed by atoms with van der Waals surface area (Å²) in [4.78, 5) is 30.5. The first-order valence-electron chi connectivity index (χ1n) is 10.6. The zero-order valence-electron chi connectivity index (χ0n) is 17.9. The average Bonchev–Trinajstić information content (AvgIpc) is 3.21. The van der Waals surface area contributed by atoms with E-state index >= 15 is 0 Å². The van der Waals surface area contributed by atoms with Gasteiger partial charge in [0.25, 0.3) is 0 Å². The lowest BCUT2D eigenvalue weighted by Gasteiger charge is -2.33. The van der Waals surface area contributed by atoms with Crippen molar-refractivity contribution >= 4 is 22.7 Å². The van der Waals surface area contributed by atoms with Crippen LogP contribution in [0.4, 0.5) is 0 Å². The first-order valence-corrected chi connectivity index (χ1v) is 10.6. The molecule has 0 aliphatic heterocycles. The van der Waals surface area contributed by atoms with Crippen molar-refractivity contribution in [2.75, 3.05) is 14.2 Å². The number of hydrogen-bond acceptors (Lipinski definition) is 4. The van der Waals surface area contributed by atoms with Crippen LogP contribution in [0.3, 0.4) is 0 Å². The molecule has 5 heteroatoms. The van der Waals surface area contributed by atoms with Gasteiger partial charge in [0.2, 0.25) is 0 Å². The predicted molar refractivity (Wildman–Crippen MR) is 120 cm³/mol. The van der Waals surface area contributed by atoms with E-state index in [0.29, 0.717) is 19.3 Å². The van der Waals surface area contributed by atoms with Crippen LogP contribution in [-0.2, 0) is 20.7 Å². The molecule has 160 valence electrons. The fourth-order valence-corrected chi connectivity index (χ4v) is 4.60. The average molecular weight is 418 g/mol. The normalized spacial score (nSPS) is 22.5. The van der Waals surface area contributed by atoms with Gasteiger partial charge in [-0.25, -0.2) is 0 Å². The molecule has 4 rings (SSSR count). The van der Waals surface area contributed by atoms with Crippen molar-refractivity contribution in [1.29, 1.82) is 0 Å². The molecule has 3 aromatic rings. The SMILES string of the molecule is COC(=O)C1(Cc2c[nH]c3ccccc23)C/C=C\CCC(c2ccc(OC)cc2)C1=O. The summed E-state index contributed by atoms with van der Waals surface area (Å²) in [6, 6.07) is 15.5. The number of H-pyrrole nitrogens is 1. The Hall–Kier alpha value is -3.34. The van der Waals surface area contributed by atoms with E-state index in [9.17, 15) is 9.59 Å². The van der Waals surface area contributed by atoms with Gasteiger partial charge in [0.05, 0.1) is 14.2 Å². The van der Waals surface area contributed by atoms with E-state index in [4.69, 9.17) is 9.47 Å². The summed E-state index contributed by atoms with van der Waals surface area (Å²) >= 11 is 0. The Morgan fingerprint density at radius 3 is 2.61 bits per heavy atom. The number of nitrogens with one attached hydrogen (secondary N) is 1. The van der Waals surface area contributed by atoms with Gasteiger partial charge in [0, 0.05) is 23.0 Å². The van der Waals surface area contributed by atoms with E-state index in [1.807, 2.05) is 60.8 Å². The minimum atomic E-state index is -1.28. The summed E-state index contributed by atoms with van der Waals surface area (Å²) in [7, 11) is 2.97. The second kappa shape index (κ2) is 8.80. The molecule has 1 aliphatic rings. The summed E-state index contributed by atoms with van der Waals surface area (Å²) in [5, 5.41) is 1.02. The third-order valence-corrected chi connectivity index (χ3v) is 6.30. The van der Waals surface area contributed by atoms with Crippen molar-refractivity contribution in [3.63, 3.8) is 0 Å². The quantitative estimate of drug-likeness (QED) is 0.361. The maximum absolute atomic E-state index is 14.1. The Balaban J connectivity index is 1.79. The summed E-state index contributed by atoms with van der Waals surface area (Å²) < 4.78 is 10.5. The van der Waals surface area contributed by atoms with Gasteiger partial charge in [-0.3, -0.25) is 9.59 Å². The number of rotatable bonds is 5. The van der Waals surface area contributed by atoms with Crippen molar-refractivity contribution < 1.29 is 19.1 Å². The molecule has 0 saturated carbocycles. The Kier molecular flexibility index (Phi) is 5.94. The third kappa shape index (κ3) is 3.88. The highest BCUT2D eigenvalue weighted by Gasteiger charge is 2.49. The van der Waals surface area contributed by atoms with Crippen molar-refractivity contribution in [3.8, 4) is 5.75 Å². The van der Waals surface area contributed by atoms with Crippen LogP contribution in [0.15, 0.2) is 66.9 Å². The van der Waals surface area contributed by atoms with Crippen LogP contribution in [-0.4, -0.2) is 31.0 Å². The molecule has 2 aromatic carbocycles. The van der Waals surface area contributed by atoms with E-state index in [-0.39, 0.29) is 11.7 Å². The molecular formula is C26H27NO4. The number of aromatic nitrogens is 1. The van der Waals surface area contributed by atoms with Gasteiger partial charge in [0.15, 0.2) is 5.78 Å². The standard InChI is InChI=1S/C26H27NO4/c1-30-20-13-11-18(12-14-20)22-9-4-3-7-15-26(24(22)28,25(29)31-2)16-19-17-27-23-10-6-5-8-21(19)23/h3,5-8,10-14,17,22,27H,4,9,15-16H2,1-2H3/b7-3-. The summed E-state index contributed by atoms with van der Waals surface area (Å²) in [6.45, 7) is 0. The molecule has 0 spiro atoms. The molecule has 1 aliphatic carbocycles. The van der Waals surface area contributed by atoms with Crippen LogP contribution < -0.4 is 4.74 Å². The van der Waals surface area contributed by atoms with Gasteiger partial charge in [0.1, 0.15) is 11.2 Å². The number of fused-ring (bicyclic) bond motifs is 1. The second-order valence-electron chi connectivity index (χ2n) is 8.05. The molecule has 0 saturated heterocycles. The van der Waals surface area contributed by atoms with Gasteiger partial charge in [-0.15, -0.1) is 0 Å². The highest BCUT2D eigenvalue weighted by molar-refractivity contribution is 6.07. The first kappa shape index (κ1) is 20.9. The number of esters is 1. The van der Waals surface area contributed by atoms with Crippen molar-refractivity contribution in [3.05, 3.63) is 78.0 Å². The molecule has 1 N–H and O–H groups in total. The number of ketones is 1. The third-order valence-electron chi connectivity index (χ3n) is 6.30. The Bertz CT molecular complexity index is 1110. The summed E-state index contributed by atoms with van der Waals surface area (Å²) in [6.07, 6.45) is 7.96. The van der Waals surface area contributed by atoms with Crippen LogP contribution in [0.2, 0.25) is 0 Å². The molecule has 0 fully saturated rings. The van der Waals surface area contributed by atoms with Crippen LogP contribution in [0, 0.1) is 5.41 Å². The summed E-state index contributed by atoms with van der Waals surface area (Å²) in [5.74, 6) is -0.216. The van der Waals surface area contributed by atoms with E-state index in [1.165, 1.54) is 7.11 Å². The zero-order chi connectivity index (χ0) is 21.8. The number of hydrogen-bond donors (Lipinski definition) is 1. The number of carbonyl (C=O) groups excluding carboxylic acids is 2. The molecular weight excluding hydrogens is 390 g/mol. The van der Waals surface area contributed by atoms with E-state index in [1.54, 1.807) is 7.11 Å². The highest BCUT2D eigenvalue weighted by Crippen LogP contribution is 2.41. The lowest BCUT2D eigenvalue weighted by atomic mass is 9.68. The molecule has 0 radical (unpaired) electrons. The number of methoxy groups -OCH3 is 2. The maximum Gasteiger partial charge on any atom is 0.320 e. The van der Waals surface area contributed by atoms with Crippen LogP contribution in [0.1, 0.15) is 36.3 Å². The van der Waals surface area contributed by atoms with Gasteiger partial charge in [-0.1, -0.05) is 42.5 Å². The highest BCUT2D eigenvalue weighted by atomic mass is 16.5. The predicted octanol–water partition coefficient (Wildman–Crippen LogP) is 4.97. The molecule has 0 amide bonds. The smallest absolute Gasteiger partial charge is 0.320 e. The van der Waals surface area contributed by atoms with Gasteiger partial charge >= 0.3 is 5.97 Å². The lowest BCUT2D eigenvalue weighted by molar-refractivity contribution is -0.158. The zero-order valence-corrected chi connectivity index (χ0v) is 17.9. The molecule has 2 unspecified atom stereocenters. The van der Waals surface area contributed by atoms with Crippen molar-refractivity contribution in [2.45, 2.75) is 31.6 Å². The molecule has 0 bridgehead atoms. The second-order valence-corrected chi connectivity index (χ2v) is 8.05. The number of carbonyl (C=O) groups is 2. The number of benzene rings is 2. The Morgan fingerprint density at radius 1 is 1.10 bits per heavy atom. The van der Waals surface area contributed by atoms with Gasteiger partial charge in [-0.2, -0.15) is 0 Å². The van der Waals surface area contributed by atoms with Crippen LogP contribution in [0.5, 0.6) is 5.75 Å². The number of para-hydroxylation sites is 1. The van der Waals surface area contributed by atoms with Crippen LogP contribution >= 0.6 is 0 Å². The first-order chi connectivity index (χ1) is 15.1. The largest absolute Gasteiger partial charge is 0.497 e. The molecule has 31 heavy (non-hydrogen) atoms. The number of Topliss-reactive ketones (excluding diaryl/α,β-unsaturated/α-hetero) is 1. The molecule has 2 atom stereocenters. The molecule has 1 aromatic heterocycles. The minimum absolute atomic E-state index is 0.0841. The fourth-order valence-electron chi connectivity index (χ4n) is 4.60. The van der Waals surface area contributed by atoms with E-state index in [0.717, 1.165) is 34.2 Å². The fraction of sp³-hybridized carbons (Fsp3) is 0.308. The number of allylic oxidation sites excluding steroid dienone is 2. The minimum Gasteiger partial charge on any atom is -0.497 e. The van der Waals surface area contributed by atoms with Gasteiger partial charge in [-0.05, 0) is 55.0 Å². The Labute approximate surface area is 182 Å². The molecule has 5 nitrogen and oxygen atoms in total. The topological polar surface area (TPSA) is 68.4 Å². The lowest BCUT2D eigenvalue weighted by Crippen LogP contribution is -2.45. The molecule has 1 heterocycles. The number of ether oxygens (including phenoxy) is 2. The Morgan fingerprint density at radius 2 is 1.87 bits per heavy atom. The van der Waals surface area contributed by atoms with E-state index < -0.39 is 11.4 Å². The van der Waals surface area contributed by atoms with Crippen LogP contribution in [0.25, 0.3) is 10.9 Å². The maximum atomic E-state index is 14.1. The number of aromatic amines is 1. The monoisotopic (exact) mass is 417 g/mol. The van der Waals surface area contributed by atoms with Crippen molar-refractivity contribution in [1.82, 2.24) is 4.98 Å². The van der Waals surface area contributed by atoms with E-state index in [2.05, 4.69) is 11.1 Å². The van der Waals surface area contributed by atoms with Gasteiger partial charge < -0.3 is 14.5 Å². The van der Waals surface area contributed by atoms with Crippen molar-refractivity contribution in [2.24, 2.45) is 5.41 Å². The summed E-state index contributed by atoms with van der Waals surface area (Å²) in [5.41, 5.74) is 1.55.